The lowest BCUT2D eigenvalue weighted by Crippen LogP contribution is -2.31. The first-order chi connectivity index (χ1) is 9.11. The third-order valence-electron chi connectivity index (χ3n) is 3.62. The summed E-state index contributed by atoms with van der Waals surface area (Å²) in [6, 6.07) is 6.97. The van der Waals surface area contributed by atoms with Crippen LogP contribution in [0.3, 0.4) is 0 Å². The Labute approximate surface area is 121 Å². The molecule has 1 aliphatic carbocycles. The van der Waals surface area contributed by atoms with Gasteiger partial charge in [0.2, 0.25) is 0 Å². The number of hydrogen-bond donors (Lipinski definition) is 2. The van der Waals surface area contributed by atoms with E-state index in [1.165, 1.54) is 18.4 Å². The van der Waals surface area contributed by atoms with Crippen LogP contribution in [0.5, 0.6) is 0 Å². The molecule has 3 nitrogen and oxygen atoms in total. The number of nitrogens with two attached hydrogens (primary N) is 1. The van der Waals surface area contributed by atoms with Crippen molar-refractivity contribution in [3.8, 4) is 0 Å². The van der Waals surface area contributed by atoms with Gasteiger partial charge in [-0.2, -0.15) is 0 Å². The zero-order valence-electron chi connectivity index (χ0n) is 11.8. The smallest absolute Gasteiger partial charge is 0.106 e. The van der Waals surface area contributed by atoms with Gasteiger partial charge in [0.15, 0.2) is 0 Å². The van der Waals surface area contributed by atoms with Gasteiger partial charge in [-0.15, -0.1) is 0 Å². The van der Waals surface area contributed by atoms with Crippen LogP contribution in [0.1, 0.15) is 30.9 Å². The molecule has 0 atom stereocenters. The van der Waals surface area contributed by atoms with Gasteiger partial charge in [-0.25, -0.2) is 0 Å². The van der Waals surface area contributed by atoms with E-state index in [-0.39, 0.29) is 0 Å². The molecule has 0 heterocycles. The lowest BCUT2D eigenvalue weighted by Gasteiger charge is -2.21. The summed E-state index contributed by atoms with van der Waals surface area (Å²) in [6.07, 6.45) is 2.72. The van der Waals surface area contributed by atoms with E-state index in [9.17, 15) is 0 Å². The maximum absolute atomic E-state index is 5.76. The van der Waals surface area contributed by atoms with Crippen molar-refractivity contribution in [3.63, 3.8) is 0 Å². The molecule has 0 bridgehead atoms. The van der Waals surface area contributed by atoms with Crippen LogP contribution in [0.25, 0.3) is 0 Å². The molecular weight excluding hydrogens is 254 g/mol. The van der Waals surface area contributed by atoms with Gasteiger partial charge in [-0.05, 0) is 44.0 Å². The Morgan fingerprint density at radius 3 is 2.79 bits per heavy atom. The number of likely N-dealkylation sites (N-methyl/N-ethyl adjacent to an activating group) is 1. The summed E-state index contributed by atoms with van der Waals surface area (Å²) < 4.78 is 0. The minimum Gasteiger partial charge on any atom is -0.389 e. The molecular formula is C15H23N3S. The van der Waals surface area contributed by atoms with E-state index in [0.717, 1.165) is 36.9 Å². The average Bonchev–Trinajstić information content (AvgIpc) is 3.18. The molecule has 0 spiro atoms. The van der Waals surface area contributed by atoms with Gasteiger partial charge >= 0.3 is 0 Å². The zero-order chi connectivity index (χ0) is 13.8. The van der Waals surface area contributed by atoms with E-state index < -0.39 is 0 Å². The highest BCUT2D eigenvalue weighted by Crippen LogP contribution is 2.26. The Kier molecular flexibility index (Phi) is 4.77. The van der Waals surface area contributed by atoms with Crippen molar-refractivity contribution >= 4 is 22.9 Å². The molecule has 104 valence electrons. The molecule has 1 saturated carbocycles. The van der Waals surface area contributed by atoms with E-state index in [0.29, 0.717) is 4.99 Å². The highest BCUT2D eigenvalue weighted by Gasteiger charge is 2.27. The normalized spacial score (nSPS) is 14.7. The first-order valence-electron chi connectivity index (χ1n) is 7.00. The standard InChI is InChI=1S/C15H23N3S/c1-3-18(12-5-6-12)9-8-17-14-10-11(2)4-7-13(14)15(16)19/h4,7,10,12,17H,3,5-6,8-9H2,1-2H3,(H2,16,19). The fourth-order valence-corrected chi connectivity index (χ4v) is 2.57. The summed E-state index contributed by atoms with van der Waals surface area (Å²) in [5.41, 5.74) is 8.98. The summed E-state index contributed by atoms with van der Waals surface area (Å²) in [6.45, 7) is 7.44. The Morgan fingerprint density at radius 2 is 2.21 bits per heavy atom. The van der Waals surface area contributed by atoms with E-state index >= 15 is 0 Å². The SMILES string of the molecule is CCN(CCNc1cc(C)ccc1C(N)=S)C1CC1. The first-order valence-corrected chi connectivity index (χ1v) is 7.41. The van der Waals surface area contributed by atoms with Crippen LogP contribution < -0.4 is 11.1 Å². The van der Waals surface area contributed by atoms with Gasteiger partial charge < -0.3 is 11.1 Å². The van der Waals surface area contributed by atoms with Crippen LogP contribution in [0, 0.1) is 6.92 Å². The van der Waals surface area contributed by atoms with Crippen molar-refractivity contribution in [3.05, 3.63) is 29.3 Å². The van der Waals surface area contributed by atoms with Crippen LogP contribution in [-0.4, -0.2) is 35.6 Å². The monoisotopic (exact) mass is 277 g/mol. The molecule has 1 fully saturated rings. The van der Waals surface area contributed by atoms with Gasteiger partial charge in [-0.3, -0.25) is 4.90 Å². The number of benzene rings is 1. The van der Waals surface area contributed by atoms with E-state index in [2.05, 4.69) is 30.1 Å². The van der Waals surface area contributed by atoms with Gasteiger partial charge in [-0.1, -0.05) is 25.2 Å². The molecule has 1 aromatic carbocycles. The Hall–Kier alpha value is -1.13. The Bertz CT molecular complexity index is 455. The molecule has 1 aliphatic rings. The largest absolute Gasteiger partial charge is 0.389 e. The molecule has 0 aromatic heterocycles. The quantitative estimate of drug-likeness (QED) is 0.752. The Balaban J connectivity index is 1.94. The van der Waals surface area contributed by atoms with E-state index in [1.54, 1.807) is 0 Å². The Morgan fingerprint density at radius 1 is 1.47 bits per heavy atom. The van der Waals surface area contributed by atoms with Crippen LogP contribution in [-0.2, 0) is 0 Å². The fourth-order valence-electron chi connectivity index (χ4n) is 2.39. The van der Waals surface area contributed by atoms with E-state index in [4.69, 9.17) is 18.0 Å². The lowest BCUT2D eigenvalue weighted by atomic mass is 10.1. The molecule has 1 aromatic rings. The van der Waals surface area contributed by atoms with Crippen molar-refractivity contribution in [2.75, 3.05) is 25.0 Å². The molecule has 3 N–H and O–H groups in total. The number of thiocarbonyl (C=S) groups is 1. The zero-order valence-corrected chi connectivity index (χ0v) is 12.6. The second kappa shape index (κ2) is 6.35. The van der Waals surface area contributed by atoms with Crippen LogP contribution in [0.2, 0.25) is 0 Å². The molecule has 0 amide bonds. The molecule has 19 heavy (non-hydrogen) atoms. The van der Waals surface area contributed by atoms with Gasteiger partial charge in [0.05, 0.1) is 0 Å². The fraction of sp³-hybridized carbons (Fsp3) is 0.533. The van der Waals surface area contributed by atoms with Crippen LogP contribution >= 0.6 is 12.2 Å². The summed E-state index contributed by atoms with van der Waals surface area (Å²) in [4.78, 5) is 2.99. The minimum atomic E-state index is 0.456. The molecule has 4 heteroatoms. The van der Waals surface area contributed by atoms with Crippen molar-refractivity contribution in [1.29, 1.82) is 0 Å². The third-order valence-corrected chi connectivity index (χ3v) is 3.84. The highest BCUT2D eigenvalue weighted by atomic mass is 32.1. The molecule has 0 aliphatic heterocycles. The molecule has 0 unspecified atom stereocenters. The van der Waals surface area contributed by atoms with Crippen molar-refractivity contribution in [2.45, 2.75) is 32.7 Å². The predicted molar refractivity (Wildman–Crippen MR) is 85.8 cm³/mol. The predicted octanol–water partition coefficient (Wildman–Crippen LogP) is 2.53. The summed E-state index contributed by atoms with van der Waals surface area (Å²) in [5.74, 6) is 0. The topological polar surface area (TPSA) is 41.3 Å². The third kappa shape index (κ3) is 3.91. The average molecular weight is 277 g/mol. The maximum Gasteiger partial charge on any atom is 0.106 e. The number of nitrogens with one attached hydrogen (secondary N) is 1. The van der Waals surface area contributed by atoms with Gasteiger partial charge in [0.25, 0.3) is 0 Å². The van der Waals surface area contributed by atoms with Crippen LogP contribution in [0.4, 0.5) is 5.69 Å². The van der Waals surface area contributed by atoms with Crippen LogP contribution in [0.15, 0.2) is 18.2 Å². The van der Waals surface area contributed by atoms with E-state index in [1.807, 2.05) is 12.1 Å². The second-order valence-corrected chi connectivity index (χ2v) is 5.64. The second-order valence-electron chi connectivity index (χ2n) is 5.20. The van der Waals surface area contributed by atoms with Crippen molar-refractivity contribution in [1.82, 2.24) is 4.90 Å². The minimum absolute atomic E-state index is 0.456. The number of hydrogen-bond acceptors (Lipinski definition) is 3. The number of nitrogens with zero attached hydrogens (tertiary/aromatic N) is 1. The summed E-state index contributed by atoms with van der Waals surface area (Å²) in [7, 11) is 0. The highest BCUT2D eigenvalue weighted by molar-refractivity contribution is 7.80. The lowest BCUT2D eigenvalue weighted by molar-refractivity contribution is 0.289. The summed E-state index contributed by atoms with van der Waals surface area (Å²) >= 11 is 5.10. The van der Waals surface area contributed by atoms with Gasteiger partial charge in [0.1, 0.15) is 4.99 Å². The summed E-state index contributed by atoms with van der Waals surface area (Å²) in [5, 5.41) is 3.47. The number of aryl methyl sites for hydroxylation is 1. The number of anilines is 1. The molecule has 2 rings (SSSR count). The molecule has 0 saturated heterocycles. The van der Waals surface area contributed by atoms with Crippen molar-refractivity contribution < 1.29 is 0 Å². The van der Waals surface area contributed by atoms with Crippen molar-refractivity contribution in [2.24, 2.45) is 5.73 Å². The molecule has 0 radical (unpaired) electrons. The maximum atomic E-state index is 5.76. The van der Waals surface area contributed by atoms with Gasteiger partial charge in [0, 0.05) is 30.4 Å². The first kappa shape index (κ1) is 14.3. The number of rotatable bonds is 7.